The summed E-state index contributed by atoms with van der Waals surface area (Å²) in [5.41, 5.74) is 4.70. The zero-order valence-corrected chi connectivity index (χ0v) is 18.8. The molecule has 2 N–H and O–H groups in total. The summed E-state index contributed by atoms with van der Waals surface area (Å²) in [4.78, 5) is 17.1. The van der Waals surface area contributed by atoms with Crippen LogP contribution in [0.3, 0.4) is 0 Å². The van der Waals surface area contributed by atoms with Gasteiger partial charge in [-0.1, -0.05) is 32.0 Å². The summed E-state index contributed by atoms with van der Waals surface area (Å²) < 4.78 is 6.02. The number of anilines is 1. The molecule has 0 unspecified atom stereocenters. The molecule has 1 amide bonds. The maximum atomic E-state index is 11.4. The number of nitrogens with zero attached hydrogens (tertiary/aromatic N) is 1. The summed E-state index contributed by atoms with van der Waals surface area (Å²) in [6.07, 6.45) is 5.07. The predicted octanol–water partition coefficient (Wildman–Crippen LogP) is 5.12. The van der Waals surface area contributed by atoms with Crippen LogP contribution >= 0.6 is 0 Å². The number of carbonyl (C=O) groups excluding carboxylic acids is 1. The zero-order chi connectivity index (χ0) is 21.8. The average Bonchev–Trinajstić information content (AvgIpc) is 3.16. The first-order valence-electron chi connectivity index (χ1n) is 11.3. The number of fused-ring (bicyclic) bond motifs is 1. The van der Waals surface area contributed by atoms with Crippen LogP contribution in [0.4, 0.5) is 5.69 Å². The van der Waals surface area contributed by atoms with Crippen LogP contribution in [-0.2, 0) is 16.6 Å². The van der Waals surface area contributed by atoms with Gasteiger partial charge in [0, 0.05) is 30.4 Å². The van der Waals surface area contributed by atoms with Crippen molar-refractivity contribution in [3.63, 3.8) is 0 Å². The Morgan fingerprint density at radius 2 is 1.90 bits per heavy atom. The average molecular weight is 420 g/mol. The number of aromatic amines is 1. The Kier molecular flexibility index (Phi) is 6.33. The number of ether oxygens (including phenoxy) is 1. The standard InChI is InChI=1S/C26H33N3O2/c1-4-29-14-12-26(3,13-15-29)21-6-8-22(9-7-21)31-16-11-20-5-10-24-23(17-20)25(18-27-24)28-19(2)30/h5-10,17-18,27H,4,11-16H2,1-3H3,(H,28,30). The molecule has 1 aliphatic heterocycles. The highest BCUT2D eigenvalue weighted by Crippen LogP contribution is 2.35. The molecule has 1 aromatic heterocycles. The second kappa shape index (κ2) is 9.15. The molecule has 0 saturated carbocycles. The molecule has 0 bridgehead atoms. The number of rotatable bonds is 7. The van der Waals surface area contributed by atoms with Crippen LogP contribution in [0.25, 0.3) is 10.9 Å². The minimum atomic E-state index is -0.0668. The fourth-order valence-corrected chi connectivity index (χ4v) is 4.51. The molecular weight excluding hydrogens is 386 g/mol. The van der Waals surface area contributed by atoms with Crippen LogP contribution in [0.5, 0.6) is 5.75 Å². The van der Waals surface area contributed by atoms with Crippen LogP contribution in [-0.4, -0.2) is 42.0 Å². The van der Waals surface area contributed by atoms with Crippen LogP contribution < -0.4 is 10.1 Å². The number of likely N-dealkylation sites (tertiary alicyclic amines) is 1. The number of piperidine rings is 1. The van der Waals surface area contributed by atoms with Gasteiger partial charge in [0.1, 0.15) is 5.75 Å². The Bertz CT molecular complexity index is 1030. The van der Waals surface area contributed by atoms with Gasteiger partial charge in [0.2, 0.25) is 5.91 Å². The molecule has 5 heteroatoms. The van der Waals surface area contributed by atoms with E-state index in [1.54, 1.807) is 0 Å². The fraction of sp³-hybridized carbons (Fsp3) is 0.423. The Hall–Kier alpha value is -2.79. The number of benzene rings is 2. The van der Waals surface area contributed by atoms with Crippen molar-refractivity contribution in [1.29, 1.82) is 0 Å². The van der Waals surface area contributed by atoms with Gasteiger partial charge >= 0.3 is 0 Å². The van der Waals surface area contributed by atoms with Gasteiger partial charge in [-0.25, -0.2) is 0 Å². The molecule has 4 rings (SSSR count). The molecule has 0 atom stereocenters. The van der Waals surface area contributed by atoms with E-state index in [4.69, 9.17) is 4.74 Å². The van der Waals surface area contributed by atoms with E-state index in [2.05, 4.69) is 71.5 Å². The van der Waals surface area contributed by atoms with Crippen LogP contribution in [0.2, 0.25) is 0 Å². The minimum absolute atomic E-state index is 0.0668. The maximum absolute atomic E-state index is 11.4. The number of carbonyl (C=O) groups is 1. The van der Waals surface area contributed by atoms with Crippen LogP contribution in [0.1, 0.15) is 44.7 Å². The summed E-state index contributed by atoms with van der Waals surface area (Å²) in [6, 6.07) is 15.0. The molecule has 1 fully saturated rings. The second-order valence-corrected chi connectivity index (χ2v) is 8.88. The summed E-state index contributed by atoms with van der Waals surface area (Å²) in [6.45, 7) is 10.3. The Labute approximate surface area is 184 Å². The largest absolute Gasteiger partial charge is 0.493 e. The first-order chi connectivity index (χ1) is 15.0. The van der Waals surface area contributed by atoms with Crippen molar-refractivity contribution >= 4 is 22.5 Å². The molecule has 0 aliphatic carbocycles. The van der Waals surface area contributed by atoms with Gasteiger partial charge in [-0.2, -0.15) is 0 Å². The molecule has 2 aromatic carbocycles. The van der Waals surface area contributed by atoms with Gasteiger partial charge in [-0.05, 0) is 73.3 Å². The predicted molar refractivity (Wildman–Crippen MR) is 127 cm³/mol. The molecule has 31 heavy (non-hydrogen) atoms. The van der Waals surface area contributed by atoms with Crippen LogP contribution in [0, 0.1) is 0 Å². The number of hydrogen-bond acceptors (Lipinski definition) is 3. The molecule has 1 saturated heterocycles. The molecule has 2 heterocycles. The fourth-order valence-electron chi connectivity index (χ4n) is 4.51. The lowest BCUT2D eigenvalue weighted by Gasteiger charge is -2.39. The first-order valence-corrected chi connectivity index (χ1v) is 11.3. The van der Waals surface area contributed by atoms with Gasteiger partial charge in [-0.3, -0.25) is 4.79 Å². The Balaban J connectivity index is 1.34. The number of hydrogen-bond donors (Lipinski definition) is 2. The van der Waals surface area contributed by atoms with E-state index in [0.29, 0.717) is 6.61 Å². The normalized spacial score (nSPS) is 16.4. The van der Waals surface area contributed by atoms with E-state index < -0.39 is 0 Å². The SMILES string of the molecule is CCN1CCC(C)(c2ccc(OCCc3ccc4[nH]cc(NC(C)=O)c4c3)cc2)CC1. The summed E-state index contributed by atoms with van der Waals surface area (Å²) in [7, 11) is 0. The van der Waals surface area contributed by atoms with Gasteiger partial charge in [0.25, 0.3) is 0 Å². The topological polar surface area (TPSA) is 57.4 Å². The van der Waals surface area contributed by atoms with E-state index >= 15 is 0 Å². The minimum Gasteiger partial charge on any atom is -0.493 e. The highest BCUT2D eigenvalue weighted by molar-refractivity contribution is 6.01. The van der Waals surface area contributed by atoms with Crippen molar-refractivity contribution in [3.8, 4) is 5.75 Å². The third kappa shape index (κ3) is 4.93. The van der Waals surface area contributed by atoms with Crippen molar-refractivity contribution in [1.82, 2.24) is 9.88 Å². The van der Waals surface area contributed by atoms with E-state index in [1.807, 2.05) is 6.20 Å². The first kappa shape index (κ1) is 21.4. The molecule has 5 nitrogen and oxygen atoms in total. The monoisotopic (exact) mass is 419 g/mol. The molecule has 1 aliphatic rings. The quantitative estimate of drug-likeness (QED) is 0.559. The lowest BCUT2D eigenvalue weighted by molar-refractivity contribution is -0.114. The van der Waals surface area contributed by atoms with Gasteiger partial charge in [0.15, 0.2) is 0 Å². The molecule has 0 spiro atoms. The highest BCUT2D eigenvalue weighted by atomic mass is 16.5. The summed E-state index contributed by atoms with van der Waals surface area (Å²) in [5, 5.41) is 3.90. The van der Waals surface area contributed by atoms with Crippen LogP contribution in [0.15, 0.2) is 48.7 Å². The van der Waals surface area contributed by atoms with Gasteiger partial charge < -0.3 is 19.9 Å². The van der Waals surface area contributed by atoms with E-state index in [1.165, 1.54) is 44.0 Å². The highest BCUT2D eigenvalue weighted by Gasteiger charge is 2.31. The smallest absolute Gasteiger partial charge is 0.221 e. The van der Waals surface area contributed by atoms with Gasteiger partial charge in [-0.15, -0.1) is 0 Å². The third-order valence-corrected chi connectivity index (χ3v) is 6.67. The van der Waals surface area contributed by atoms with Crippen molar-refractivity contribution in [3.05, 3.63) is 59.8 Å². The molecule has 3 aromatic rings. The lowest BCUT2D eigenvalue weighted by Crippen LogP contribution is -2.40. The molecule has 0 radical (unpaired) electrons. The third-order valence-electron chi connectivity index (χ3n) is 6.67. The summed E-state index contributed by atoms with van der Waals surface area (Å²) >= 11 is 0. The molecular formula is C26H33N3O2. The van der Waals surface area contributed by atoms with Crippen molar-refractivity contribution in [2.45, 2.75) is 45.4 Å². The van der Waals surface area contributed by atoms with E-state index in [0.717, 1.165) is 35.3 Å². The Morgan fingerprint density at radius 1 is 1.16 bits per heavy atom. The van der Waals surface area contributed by atoms with Crippen molar-refractivity contribution in [2.24, 2.45) is 0 Å². The van der Waals surface area contributed by atoms with Gasteiger partial charge in [0.05, 0.1) is 12.3 Å². The number of nitrogens with one attached hydrogen (secondary N) is 2. The van der Waals surface area contributed by atoms with Crippen molar-refractivity contribution < 1.29 is 9.53 Å². The zero-order valence-electron chi connectivity index (χ0n) is 18.8. The lowest BCUT2D eigenvalue weighted by atomic mass is 9.74. The van der Waals surface area contributed by atoms with E-state index in [-0.39, 0.29) is 11.3 Å². The summed E-state index contributed by atoms with van der Waals surface area (Å²) in [5.74, 6) is 0.850. The second-order valence-electron chi connectivity index (χ2n) is 8.88. The maximum Gasteiger partial charge on any atom is 0.221 e. The Morgan fingerprint density at radius 3 is 2.58 bits per heavy atom. The number of aromatic nitrogens is 1. The number of amides is 1. The van der Waals surface area contributed by atoms with Crippen molar-refractivity contribution in [2.75, 3.05) is 31.6 Å². The van der Waals surface area contributed by atoms with E-state index in [9.17, 15) is 4.79 Å². The molecule has 164 valence electrons. The number of H-pyrrole nitrogens is 1.